The molecule has 1 amide bonds. The predicted octanol–water partition coefficient (Wildman–Crippen LogP) is 3.76. The number of fused-ring (bicyclic) bond motifs is 1. The van der Waals surface area contributed by atoms with Gasteiger partial charge in [-0.2, -0.15) is 5.10 Å². The molecule has 0 spiro atoms. The summed E-state index contributed by atoms with van der Waals surface area (Å²) in [6.45, 7) is 0. The molecular formula is C20H15FN4O3S. The van der Waals surface area contributed by atoms with E-state index in [0.29, 0.717) is 10.9 Å². The lowest BCUT2D eigenvalue weighted by molar-refractivity contribution is 0.102. The van der Waals surface area contributed by atoms with Gasteiger partial charge in [0.2, 0.25) is 0 Å². The Kier molecular flexibility index (Phi) is 4.73. The fourth-order valence-electron chi connectivity index (χ4n) is 2.82. The van der Waals surface area contributed by atoms with Gasteiger partial charge in [0.15, 0.2) is 5.69 Å². The zero-order valence-electron chi connectivity index (χ0n) is 14.9. The van der Waals surface area contributed by atoms with Crippen LogP contribution < -0.4 is 10.0 Å². The van der Waals surface area contributed by atoms with Gasteiger partial charge in [-0.1, -0.05) is 36.4 Å². The number of benzene rings is 3. The number of amides is 1. The molecule has 0 radical (unpaired) electrons. The molecule has 0 fully saturated rings. The largest absolute Gasteiger partial charge is 0.321 e. The third-order valence-corrected chi connectivity index (χ3v) is 5.57. The molecule has 0 aliphatic carbocycles. The summed E-state index contributed by atoms with van der Waals surface area (Å²) in [5, 5.41) is 10.1. The van der Waals surface area contributed by atoms with Crippen LogP contribution >= 0.6 is 0 Å². The number of carbonyl (C=O) groups excluding carboxylic acids is 1. The Morgan fingerprint density at radius 2 is 1.72 bits per heavy atom. The Hall–Kier alpha value is -3.72. The van der Waals surface area contributed by atoms with Crippen molar-refractivity contribution in [1.82, 2.24) is 10.2 Å². The van der Waals surface area contributed by atoms with Crippen molar-refractivity contribution in [1.29, 1.82) is 0 Å². The number of hydrogen-bond donors (Lipinski definition) is 3. The third kappa shape index (κ3) is 3.81. The van der Waals surface area contributed by atoms with Crippen molar-refractivity contribution in [3.05, 3.63) is 84.3 Å². The molecule has 4 aromatic rings. The molecule has 0 atom stereocenters. The number of anilines is 2. The van der Waals surface area contributed by atoms with Gasteiger partial charge in [-0.05, 0) is 36.4 Å². The van der Waals surface area contributed by atoms with Crippen molar-refractivity contribution in [3.63, 3.8) is 0 Å². The van der Waals surface area contributed by atoms with Gasteiger partial charge in [0.1, 0.15) is 5.82 Å². The molecule has 9 heteroatoms. The highest BCUT2D eigenvalue weighted by molar-refractivity contribution is 7.92. The highest BCUT2D eigenvalue weighted by Gasteiger charge is 2.18. The van der Waals surface area contributed by atoms with Gasteiger partial charge >= 0.3 is 0 Å². The Morgan fingerprint density at radius 1 is 0.966 bits per heavy atom. The number of nitrogens with zero attached hydrogens (tertiary/aromatic N) is 1. The normalized spacial score (nSPS) is 11.3. The minimum Gasteiger partial charge on any atom is -0.321 e. The fraction of sp³-hybridized carbons (Fsp3) is 0. The molecular weight excluding hydrogens is 395 g/mol. The van der Waals surface area contributed by atoms with E-state index < -0.39 is 21.7 Å². The fourth-order valence-corrected chi connectivity index (χ4v) is 3.93. The zero-order chi connectivity index (χ0) is 20.4. The number of carbonyl (C=O) groups is 1. The number of halogens is 1. The third-order valence-electron chi connectivity index (χ3n) is 4.21. The van der Waals surface area contributed by atoms with Gasteiger partial charge < -0.3 is 5.32 Å². The average molecular weight is 410 g/mol. The molecule has 0 saturated carbocycles. The van der Waals surface area contributed by atoms with Gasteiger partial charge in [-0.3, -0.25) is 14.6 Å². The topological polar surface area (TPSA) is 104 Å². The van der Waals surface area contributed by atoms with Crippen LogP contribution in [0, 0.1) is 5.82 Å². The van der Waals surface area contributed by atoms with Gasteiger partial charge in [-0.25, -0.2) is 12.8 Å². The number of H-pyrrole nitrogens is 1. The van der Waals surface area contributed by atoms with E-state index in [1.54, 1.807) is 24.3 Å². The van der Waals surface area contributed by atoms with Crippen molar-refractivity contribution in [2.45, 2.75) is 4.90 Å². The van der Waals surface area contributed by atoms with E-state index in [9.17, 15) is 17.6 Å². The number of aromatic nitrogens is 2. The van der Waals surface area contributed by atoms with Gasteiger partial charge in [-0.15, -0.1) is 0 Å². The molecule has 3 aromatic carbocycles. The Bertz CT molecular complexity index is 1320. The van der Waals surface area contributed by atoms with Gasteiger partial charge in [0.25, 0.3) is 15.9 Å². The molecule has 1 aromatic heterocycles. The van der Waals surface area contributed by atoms with Crippen LogP contribution in [-0.2, 0) is 10.0 Å². The second-order valence-corrected chi connectivity index (χ2v) is 7.87. The van der Waals surface area contributed by atoms with E-state index in [-0.39, 0.29) is 22.0 Å². The molecule has 0 aliphatic rings. The summed E-state index contributed by atoms with van der Waals surface area (Å²) in [5.41, 5.74) is 1.00. The summed E-state index contributed by atoms with van der Waals surface area (Å²) in [4.78, 5) is 12.5. The lowest BCUT2D eigenvalue weighted by Gasteiger charge is -2.10. The Labute approximate surface area is 165 Å². The molecule has 7 nitrogen and oxygen atoms in total. The molecule has 4 rings (SSSR count). The number of aromatic amines is 1. The molecule has 1 heterocycles. The number of sulfonamides is 1. The van der Waals surface area contributed by atoms with Crippen LogP contribution in [-0.4, -0.2) is 24.5 Å². The maximum absolute atomic E-state index is 13.8. The minimum absolute atomic E-state index is 0.120. The Balaban J connectivity index is 1.58. The highest BCUT2D eigenvalue weighted by Crippen LogP contribution is 2.22. The van der Waals surface area contributed by atoms with Crippen LogP contribution in [0.5, 0.6) is 0 Å². The van der Waals surface area contributed by atoms with E-state index in [1.807, 2.05) is 6.07 Å². The summed E-state index contributed by atoms with van der Waals surface area (Å²) in [7, 11) is -4.05. The van der Waals surface area contributed by atoms with Crippen molar-refractivity contribution in [2.75, 3.05) is 10.0 Å². The lowest BCUT2D eigenvalue weighted by Crippen LogP contribution is -2.16. The van der Waals surface area contributed by atoms with Crippen LogP contribution in [0.3, 0.4) is 0 Å². The predicted molar refractivity (Wildman–Crippen MR) is 108 cm³/mol. The monoisotopic (exact) mass is 410 g/mol. The molecule has 0 unspecified atom stereocenters. The molecule has 29 heavy (non-hydrogen) atoms. The summed E-state index contributed by atoms with van der Waals surface area (Å²) >= 11 is 0. The first-order valence-corrected chi connectivity index (χ1v) is 10.0. The van der Waals surface area contributed by atoms with Crippen molar-refractivity contribution in [3.8, 4) is 0 Å². The van der Waals surface area contributed by atoms with Gasteiger partial charge in [0, 0.05) is 11.1 Å². The van der Waals surface area contributed by atoms with Gasteiger partial charge in [0.05, 0.1) is 16.1 Å². The van der Waals surface area contributed by atoms with Crippen molar-refractivity contribution < 1.29 is 17.6 Å². The summed E-state index contributed by atoms with van der Waals surface area (Å²) < 4.78 is 41.2. The number of nitrogens with one attached hydrogen (secondary N) is 3. The zero-order valence-corrected chi connectivity index (χ0v) is 15.7. The van der Waals surface area contributed by atoms with Crippen LogP contribution in [0.4, 0.5) is 15.8 Å². The van der Waals surface area contributed by atoms with Crippen LogP contribution in [0.15, 0.2) is 77.7 Å². The Morgan fingerprint density at radius 3 is 2.55 bits per heavy atom. The number of para-hydroxylation sites is 2. The minimum atomic E-state index is -4.05. The van der Waals surface area contributed by atoms with E-state index in [4.69, 9.17) is 0 Å². The molecule has 0 aliphatic heterocycles. The molecule has 146 valence electrons. The maximum Gasteiger partial charge on any atom is 0.276 e. The number of rotatable bonds is 5. The first kappa shape index (κ1) is 18.6. The van der Waals surface area contributed by atoms with Crippen molar-refractivity contribution >= 4 is 38.2 Å². The second-order valence-electron chi connectivity index (χ2n) is 6.19. The first-order chi connectivity index (χ1) is 13.9. The standard InChI is InChI=1S/C20H15FN4O3S/c21-16-9-2-4-11-18(16)25-29(27,28)14-7-5-6-13(12-14)22-20(26)19-15-8-1-3-10-17(15)23-24-19/h1-12,25H,(H,22,26)(H,23,24). The van der Waals surface area contributed by atoms with Crippen LogP contribution in [0.1, 0.15) is 10.5 Å². The van der Waals surface area contributed by atoms with Crippen molar-refractivity contribution in [2.24, 2.45) is 0 Å². The quantitative estimate of drug-likeness (QED) is 0.466. The van der Waals surface area contributed by atoms with Crippen LogP contribution in [0.2, 0.25) is 0 Å². The van der Waals surface area contributed by atoms with E-state index in [0.717, 1.165) is 6.07 Å². The van der Waals surface area contributed by atoms with E-state index in [2.05, 4.69) is 20.2 Å². The molecule has 0 bridgehead atoms. The SMILES string of the molecule is O=C(Nc1cccc(S(=O)(=O)Nc2ccccc2F)c1)c1n[nH]c2ccccc12. The van der Waals surface area contributed by atoms with E-state index in [1.165, 1.54) is 36.4 Å². The van der Waals surface area contributed by atoms with E-state index >= 15 is 0 Å². The highest BCUT2D eigenvalue weighted by atomic mass is 32.2. The average Bonchev–Trinajstić information content (AvgIpc) is 3.14. The summed E-state index contributed by atoms with van der Waals surface area (Å²) in [6, 6.07) is 18.3. The lowest BCUT2D eigenvalue weighted by atomic mass is 10.2. The number of hydrogen-bond acceptors (Lipinski definition) is 4. The second kappa shape index (κ2) is 7.36. The van der Waals surface area contributed by atoms with Crippen LogP contribution in [0.25, 0.3) is 10.9 Å². The smallest absolute Gasteiger partial charge is 0.276 e. The summed E-state index contributed by atoms with van der Waals surface area (Å²) in [6.07, 6.45) is 0. The molecule has 0 saturated heterocycles. The first-order valence-electron chi connectivity index (χ1n) is 8.56. The maximum atomic E-state index is 13.8. The molecule has 3 N–H and O–H groups in total. The summed E-state index contributed by atoms with van der Waals surface area (Å²) in [5.74, 6) is -1.18.